The van der Waals surface area contributed by atoms with Gasteiger partial charge in [0.15, 0.2) is 0 Å². The first-order valence-corrected chi connectivity index (χ1v) is 10.2. The van der Waals surface area contributed by atoms with E-state index in [0.717, 1.165) is 45.6 Å². The van der Waals surface area contributed by atoms with E-state index in [4.69, 9.17) is 0 Å². The monoisotopic (exact) mass is 371 g/mol. The Morgan fingerprint density at radius 3 is 2.37 bits per heavy atom. The minimum absolute atomic E-state index is 0.111. The number of benzene rings is 1. The first-order valence-electron chi connectivity index (χ1n) is 10.2. The van der Waals surface area contributed by atoms with Crippen molar-refractivity contribution in [2.45, 2.75) is 64.5 Å². The van der Waals surface area contributed by atoms with E-state index < -0.39 is 0 Å². The summed E-state index contributed by atoms with van der Waals surface area (Å²) in [5.74, 6) is 0.895. The summed E-state index contributed by atoms with van der Waals surface area (Å²) >= 11 is 0. The first-order chi connectivity index (χ1) is 12.8. The number of nitrogens with one attached hydrogen (secondary N) is 1. The van der Waals surface area contributed by atoms with Crippen LogP contribution in [0.1, 0.15) is 63.5 Å². The molecule has 3 rings (SSSR count). The molecule has 5 heteroatoms. The predicted molar refractivity (Wildman–Crippen MR) is 107 cm³/mol. The number of nitrogens with zero attached hydrogens (tertiary/aromatic N) is 2. The molecule has 1 N–H and O–H groups in total. The molecular formula is C22H33N3O2. The van der Waals surface area contributed by atoms with Gasteiger partial charge in [-0.3, -0.25) is 14.5 Å². The molecule has 27 heavy (non-hydrogen) atoms. The maximum atomic E-state index is 12.5. The highest BCUT2D eigenvalue weighted by Gasteiger charge is 2.33. The molecule has 1 aromatic rings. The summed E-state index contributed by atoms with van der Waals surface area (Å²) in [6.07, 6.45) is 2.68. The van der Waals surface area contributed by atoms with Crippen molar-refractivity contribution in [2.75, 3.05) is 26.2 Å². The van der Waals surface area contributed by atoms with Gasteiger partial charge < -0.3 is 10.2 Å². The Labute approximate surface area is 163 Å². The molecule has 2 amide bonds. The van der Waals surface area contributed by atoms with Gasteiger partial charge in [-0.15, -0.1) is 0 Å². The van der Waals surface area contributed by atoms with E-state index in [1.54, 1.807) is 0 Å². The third-order valence-electron chi connectivity index (χ3n) is 6.01. The summed E-state index contributed by atoms with van der Waals surface area (Å²) in [5.41, 5.74) is 2.52. The number of amides is 2. The third kappa shape index (κ3) is 5.32. The van der Waals surface area contributed by atoms with Gasteiger partial charge in [0.1, 0.15) is 0 Å². The molecular weight excluding hydrogens is 338 g/mol. The Hall–Kier alpha value is -1.88. The average molecular weight is 372 g/mol. The third-order valence-corrected chi connectivity index (χ3v) is 6.01. The fourth-order valence-corrected chi connectivity index (χ4v) is 4.00. The van der Waals surface area contributed by atoms with Crippen LogP contribution in [0, 0.1) is 0 Å². The quantitative estimate of drug-likeness (QED) is 0.837. The standard InChI is InChI=1S/C22H33N3O2/c1-17(2)19-6-4-18(5-7-19)16-24-12-14-25(15-13-24)21(27)9-11-22(3)10-8-20(26)23-22/h4-7,17H,8-16H2,1-3H3,(H,23,26)/t22-/m1/s1. The predicted octanol–water partition coefficient (Wildman–Crippen LogP) is 2.90. The van der Waals surface area contributed by atoms with Gasteiger partial charge in [0.05, 0.1) is 0 Å². The van der Waals surface area contributed by atoms with Gasteiger partial charge in [0.2, 0.25) is 11.8 Å². The molecule has 2 saturated heterocycles. The molecule has 2 fully saturated rings. The minimum Gasteiger partial charge on any atom is -0.351 e. The number of hydrogen-bond acceptors (Lipinski definition) is 3. The zero-order valence-electron chi connectivity index (χ0n) is 17.0. The Bertz CT molecular complexity index is 663. The summed E-state index contributed by atoms with van der Waals surface area (Å²) in [6.45, 7) is 10.9. The highest BCUT2D eigenvalue weighted by Crippen LogP contribution is 2.25. The van der Waals surface area contributed by atoms with E-state index in [1.807, 2.05) is 11.8 Å². The largest absolute Gasteiger partial charge is 0.351 e. The van der Waals surface area contributed by atoms with E-state index in [-0.39, 0.29) is 17.4 Å². The molecule has 0 spiro atoms. The molecule has 0 aromatic heterocycles. The first kappa shape index (κ1) is 19.9. The van der Waals surface area contributed by atoms with Crippen molar-refractivity contribution in [3.63, 3.8) is 0 Å². The molecule has 0 bridgehead atoms. The van der Waals surface area contributed by atoms with Crippen molar-refractivity contribution in [1.82, 2.24) is 15.1 Å². The SMILES string of the molecule is CC(C)c1ccc(CN2CCN(C(=O)CC[C@@]3(C)CCC(=O)N3)CC2)cc1. The highest BCUT2D eigenvalue weighted by molar-refractivity contribution is 5.80. The normalized spacial score (nSPS) is 23.7. The maximum absolute atomic E-state index is 12.5. The van der Waals surface area contributed by atoms with Crippen LogP contribution in [-0.2, 0) is 16.1 Å². The highest BCUT2D eigenvalue weighted by atomic mass is 16.2. The lowest BCUT2D eigenvalue weighted by Crippen LogP contribution is -2.49. The zero-order chi connectivity index (χ0) is 19.4. The molecule has 0 aliphatic carbocycles. The minimum atomic E-state index is -0.198. The molecule has 5 nitrogen and oxygen atoms in total. The van der Waals surface area contributed by atoms with Gasteiger partial charge in [0, 0.05) is 51.1 Å². The average Bonchev–Trinajstić information content (AvgIpc) is 3.00. The summed E-state index contributed by atoms with van der Waals surface area (Å²) in [7, 11) is 0. The van der Waals surface area contributed by atoms with Crippen molar-refractivity contribution in [3.8, 4) is 0 Å². The topological polar surface area (TPSA) is 52.7 Å². The number of piperazine rings is 1. The Balaban J connectivity index is 1.41. The van der Waals surface area contributed by atoms with Crippen LogP contribution >= 0.6 is 0 Å². The lowest BCUT2D eigenvalue weighted by Gasteiger charge is -2.35. The Kier molecular flexibility index (Phi) is 6.20. The van der Waals surface area contributed by atoms with Crippen LogP contribution in [0.2, 0.25) is 0 Å². The fourth-order valence-electron chi connectivity index (χ4n) is 4.00. The molecule has 2 aliphatic rings. The molecule has 2 aliphatic heterocycles. The van der Waals surface area contributed by atoms with Crippen molar-refractivity contribution in [2.24, 2.45) is 0 Å². The van der Waals surface area contributed by atoms with Gasteiger partial charge in [-0.2, -0.15) is 0 Å². The molecule has 0 radical (unpaired) electrons. The summed E-state index contributed by atoms with van der Waals surface area (Å²) in [5, 5.41) is 3.02. The second kappa shape index (κ2) is 8.42. The van der Waals surface area contributed by atoms with Crippen molar-refractivity contribution in [1.29, 1.82) is 0 Å². The van der Waals surface area contributed by atoms with Crippen molar-refractivity contribution >= 4 is 11.8 Å². The summed E-state index contributed by atoms with van der Waals surface area (Å²) in [6, 6.07) is 8.90. The Morgan fingerprint density at radius 2 is 1.81 bits per heavy atom. The smallest absolute Gasteiger partial charge is 0.222 e. The van der Waals surface area contributed by atoms with Crippen LogP contribution in [-0.4, -0.2) is 53.3 Å². The maximum Gasteiger partial charge on any atom is 0.222 e. The van der Waals surface area contributed by atoms with Crippen molar-refractivity contribution in [3.05, 3.63) is 35.4 Å². The van der Waals surface area contributed by atoms with Gasteiger partial charge in [0.25, 0.3) is 0 Å². The molecule has 2 heterocycles. The second-order valence-corrected chi connectivity index (χ2v) is 8.66. The van der Waals surface area contributed by atoms with Crippen LogP contribution in [0.15, 0.2) is 24.3 Å². The molecule has 148 valence electrons. The molecule has 1 atom stereocenters. The van der Waals surface area contributed by atoms with E-state index in [2.05, 4.69) is 48.3 Å². The lowest BCUT2D eigenvalue weighted by molar-refractivity contribution is -0.133. The van der Waals surface area contributed by atoms with Gasteiger partial charge in [-0.25, -0.2) is 0 Å². The zero-order valence-corrected chi connectivity index (χ0v) is 17.0. The van der Waals surface area contributed by atoms with E-state index in [1.165, 1.54) is 11.1 Å². The summed E-state index contributed by atoms with van der Waals surface area (Å²) in [4.78, 5) is 28.4. The Morgan fingerprint density at radius 1 is 1.15 bits per heavy atom. The van der Waals surface area contributed by atoms with Gasteiger partial charge >= 0.3 is 0 Å². The molecule has 0 saturated carbocycles. The second-order valence-electron chi connectivity index (χ2n) is 8.66. The number of hydrogen-bond donors (Lipinski definition) is 1. The van der Waals surface area contributed by atoms with Gasteiger partial charge in [-0.1, -0.05) is 38.1 Å². The number of rotatable bonds is 6. The van der Waals surface area contributed by atoms with E-state index in [0.29, 0.717) is 18.8 Å². The summed E-state index contributed by atoms with van der Waals surface area (Å²) < 4.78 is 0. The van der Waals surface area contributed by atoms with Crippen LogP contribution in [0.4, 0.5) is 0 Å². The van der Waals surface area contributed by atoms with Crippen LogP contribution in [0.25, 0.3) is 0 Å². The number of carbonyl (C=O) groups excluding carboxylic acids is 2. The van der Waals surface area contributed by atoms with Crippen LogP contribution in [0.3, 0.4) is 0 Å². The fraction of sp³-hybridized carbons (Fsp3) is 0.636. The molecule has 0 unspecified atom stereocenters. The lowest BCUT2D eigenvalue weighted by atomic mass is 9.94. The van der Waals surface area contributed by atoms with Crippen LogP contribution in [0.5, 0.6) is 0 Å². The van der Waals surface area contributed by atoms with Crippen molar-refractivity contribution < 1.29 is 9.59 Å². The van der Waals surface area contributed by atoms with E-state index in [9.17, 15) is 9.59 Å². The van der Waals surface area contributed by atoms with Gasteiger partial charge in [-0.05, 0) is 36.8 Å². The van der Waals surface area contributed by atoms with E-state index >= 15 is 0 Å². The number of carbonyl (C=O) groups is 2. The molecule has 1 aromatic carbocycles. The van der Waals surface area contributed by atoms with Crippen LogP contribution < -0.4 is 5.32 Å².